The van der Waals surface area contributed by atoms with E-state index in [1.54, 1.807) is 24.3 Å². The van der Waals surface area contributed by atoms with E-state index in [0.717, 1.165) is 31.2 Å². The van der Waals surface area contributed by atoms with Crippen LogP contribution in [0, 0.1) is 6.92 Å². The molecular weight excluding hydrogens is 444 g/mol. The van der Waals surface area contributed by atoms with Crippen LogP contribution < -0.4 is 5.32 Å². The molecule has 0 amide bonds. The third kappa shape index (κ3) is 3.54. The molecule has 28 heavy (non-hydrogen) atoms. The predicted octanol–water partition coefficient (Wildman–Crippen LogP) is 3.45. The van der Waals surface area contributed by atoms with E-state index in [2.05, 4.69) is 31.2 Å². The number of aryl methyl sites for hydroxylation is 1. The van der Waals surface area contributed by atoms with E-state index in [1.807, 2.05) is 6.92 Å². The summed E-state index contributed by atoms with van der Waals surface area (Å²) in [4.78, 5) is 8.78. The molecule has 2 heterocycles. The quantitative estimate of drug-likeness (QED) is 0.613. The molecule has 0 spiro atoms. The average Bonchev–Trinajstić information content (AvgIpc) is 3.03. The standard InChI is InChI=1S/C19H21BrN4O3S/c1-12-2-8-15(9-3-12)28(26,27)24-10-16(20)17-18(21-11-22-19(17)24)23-13-4-6-14(25)7-5-13/h2-3,8-11,13-14,25H,4-7H2,1H3,(H,21,22,23). The molecule has 0 saturated heterocycles. The van der Waals surface area contributed by atoms with Gasteiger partial charge in [0, 0.05) is 16.7 Å². The molecule has 0 radical (unpaired) electrons. The minimum absolute atomic E-state index is 0.186. The van der Waals surface area contributed by atoms with Crippen molar-refractivity contribution in [3.8, 4) is 0 Å². The Morgan fingerprint density at radius 1 is 1.14 bits per heavy atom. The van der Waals surface area contributed by atoms with Crippen LogP contribution in [0.3, 0.4) is 0 Å². The highest BCUT2D eigenvalue weighted by Crippen LogP contribution is 2.33. The maximum Gasteiger partial charge on any atom is 0.269 e. The molecule has 1 aromatic carbocycles. The third-order valence-electron chi connectivity index (χ3n) is 5.12. The zero-order valence-electron chi connectivity index (χ0n) is 15.3. The van der Waals surface area contributed by atoms with Gasteiger partial charge in [-0.1, -0.05) is 17.7 Å². The molecule has 148 valence electrons. The first-order valence-corrected chi connectivity index (χ1v) is 11.4. The van der Waals surface area contributed by atoms with Crippen LogP contribution in [0.25, 0.3) is 11.0 Å². The smallest absolute Gasteiger partial charge is 0.269 e. The van der Waals surface area contributed by atoms with Crippen molar-refractivity contribution in [1.82, 2.24) is 13.9 Å². The number of fused-ring (bicyclic) bond motifs is 1. The van der Waals surface area contributed by atoms with Gasteiger partial charge in [-0.3, -0.25) is 0 Å². The minimum atomic E-state index is -3.78. The number of rotatable bonds is 4. The highest BCUT2D eigenvalue weighted by atomic mass is 79.9. The molecule has 1 aliphatic carbocycles. The number of anilines is 1. The fourth-order valence-electron chi connectivity index (χ4n) is 3.52. The molecule has 2 N–H and O–H groups in total. The molecule has 2 aromatic heterocycles. The number of aliphatic hydroxyl groups is 1. The van der Waals surface area contributed by atoms with Gasteiger partial charge in [-0.25, -0.2) is 22.4 Å². The Morgan fingerprint density at radius 2 is 1.82 bits per heavy atom. The average molecular weight is 465 g/mol. The lowest BCUT2D eigenvalue weighted by Gasteiger charge is -2.26. The van der Waals surface area contributed by atoms with Crippen molar-refractivity contribution in [2.75, 3.05) is 5.32 Å². The largest absolute Gasteiger partial charge is 0.393 e. The summed E-state index contributed by atoms with van der Waals surface area (Å²) in [6, 6.07) is 6.92. The first kappa shape index (κ1) is 19.4. The number of halogens is 1. The van der Waals surface area contributed by atoms with Crippen molar-refractivity contribution in [1.29, 1.82) is 0 Å². The number of aromatic nitrogens is 3. The van der Waals surface area contributed by atoms with E-state index in [9.17, 15) is 13.5 Å². The van der Waals surface area contributed by atoms with Gasteiger partial charge in [0.15, 0.2) is 5.65 Å². The van der Waals surface area contributed by atoms with E-state index in [1.165, 1.54) is 16.5 Å². The molecule has 0 atom stereocenters. The SMILES string of the molecule is Cc1ccc(S(=O)(=O)n2cc(Br)c3c(NC4CCC(O)CC4)ncnc32)cc1. The summed E-state index contributed by atoms with van der Waals surface area (Å²) in [7, 11) is -3.78. The Bertz CT molecular complexity index is 1100. The van der Waals surface area contributed by atoms with Crippen LogP contribution in [0.5, 0.6) is 0 Å². The van der Waals surface area contributed by atoms with E-state index < -0.39 is 10.0 Å². The number of hydrogen-bond donors (Lipinski definition) is 2. The van der Waals surface area contributed by atoms with Crippen molar-refractivity contribution in [3.05, 3.63) is 46.8 Å². The first-order valence-electron chi connectivity index (χ1n) is 9.14. The van der Waals surface area contributed by atoms with Gasteiger partial charge in [0.1, 0.15) is 12.1 Å². The Labute approximate surface area is 172 Å². The molecule has 0 aliphatic heterocycles. The fraction of sp³-hybridized carbons (Fsp3) is 0.368. The molecule has 1 saturated carbocycles. The summed E-state index contributed by atoms with van der Waals surface area (Å²) in [6.07, 6.45) is 5.82. The second-order valence-electron chi connectivity index (χ2n) is 7.16. The van der Waals surface area contributed by atoms with Crippen molar-refractivity contribution in [2.45, 2.75) is 49.6 Å². The number of nitrogens with one attached hydrogen (secondary N) is 1. The number of hydrogen-bond acceptors (Lipinski definition) is 6. The van der Waals surface area contributed by atoms with Crippen LogP contribution in [0.1, 0.15) is 31.2 Å². The van der Waals surface area contributed by atoms with Gasteiger partial charge in [-0.15, -0.1) is 0 Å². The summed E-state index contributed by atoms with van der Waals surface area (Å²) < 4.78 is 28.1. The van der Waals surface area contributed by atoms with Crippen LogP contribution in [0.15, 0.2) is 46.2 Å². The Hall–Kier alpha value is -1.97. The van der Waals surface area contributed by atoms with Gasteiger partial charge in [0.05, 0.1) is 16.4 Å². The maximum absolute atomic E-state index is 13.1. The zero-order valence-corrected chi connectivity index (χ0v) is 17.7. The minimum Gasteiger partial charge on any atom is -0.393 e. The highest BCUT2D eigenvalue weighted by Gasteiger charge is 2.25. The van der Waals surface area contributed by atoms with Gasteiger partial charge >= 0.3 is 0 Å². The van der Waals surface area contributed by atoms with Gasteiger partial charge in [0.25, 0.3) is 10.0 Å². The van der Waals surface area contributed by atoms with E-state index >= 15 is 0 Å². The zero-order chi connectivity index (χ0) is 19.9. The van der Waals surface area contributed by atoms with Crippen LogP contribution in [-0.2, 0) is 10.0 Å². The molecule has 1 fully saturated rings. The Balaban J connectivity index is 1.75. The lowest BCUT2D eigenvalue weighted by molar-refractivity contribution is 0.126. The lowest BCUT2D eigenvalue weighted by Crippen LogP contribution is -2.28. The number of nitrogens with zero attached hydrogens (tertiary/aromatic N) is 3. The van der Waals surface area contributed by atoms with Crippen molar-refractivity contribution >= 4 is 42.8 Å². The molecule has 0 unspecified atom stereocenters. The molecule has 9 heteroatoms. The maximum atomic E-state index is 13.1. The van der Waals surface area contributed by atoms with E-state index in [-0.39, 0.29) is 17.0 Å². The van der Waals surface area contributed by atoms with Crippen molar-refractivity contribution in [3.63, 3.8) is 0 Å². The second-order valence-corrected chi connectivity index (χ2v) is 9.83. The summed E-state index contributed by atoms with van der Waals surface area (Å²) in [5, 5.41) is 13.7. The van der Waals surface area contributed by atoms with Crippen LogP contribution >= 0.6 is 15.9 Å². The van der Waals surface area contributed by atoms with E-state index in [0.29, 0.717) is 21.3 Å². The molecule has 1 aliphatic rings. The van der Waals surface area contributed by atoms with Gasteiger partial charge < -0.3 is 10.4 Å². The topological polar surface area (TPSA) is 97.1 Å². The summed E-state index contributed by atoms with van der Waals surface area (Å²) in [5.41, 5.74) is 1.31. The molecule has 7 nitrogen and oxygen atoms in total. The fourth-order valence-corrected chi connectivity index (χ4v) is 5.54. The third-order valence-corrected chi connectivity index (χ3v) is 7.39. The van der Waals surface area contributed by atoms with E-state index in [4.69, 9.17) is 0 Å². The summed E-state index contributed by atoms with van der Waals surface area (Å²) >= 11 is 3.47. The Morgan fingerprint density at radius 3 is 2.50 bits per heavy atom. The number of aliphatic hydroxyl groups excluding tert-OH is 1. The van der Waals surface area contributed by atoms with Gasteiger partial charge in [0.2, 0.25) is 0 Å². The first-order chi connectivity index (χ1) is 13.4. The summed E-state index contributed by atoms with van der Waals surface area (Å²) in [6.45, 7) is 1.91. The van der Waals surface area contributed by atoms with Crippen LogP contribution in [0.2, 0.25) is 0 Å². The molecule has 4 rings (SSSR count). The molecular formula is C19H21BrN4O3S. The monoisotopic (exact) mass is 464 g/mol. The molecule has 3 aromatic rings. The lowest BCUT2D eigenvalue weighted by atomic mass is 9.93. The van der Waals surface area contributed by atoms with Crippen LogP contribution in [0.4, 0.5) is 5.82 Å². The highest BCUT2D eigenvalue weighted by molar-refractivity contribution is 9.10. The normalized spacial score (nSPS) is 20.4. The van der Waals surface area contributed by atoms with Gasteiger partial charge in [-0.2, -0.15) is 0 Å². The Kier molecular flexibility index (Phi) is 5.15. The van der Waals surface area contributed by atoms with Crippen molar-refractivity contribution < 1.29 is 13.5 Å². The summed E-state index contributed by atoms with van der Waals surface area (Å²) in [5.74, 6) is 0.594. The van der Waals surface area contributed by atoms with Gasteiger partial charge in [-0.05, 0) is 60.7 Å². The molecule has 0 bridgehead atoms. The predicted molar refractivity (Wildman–Crippen MR) is 111 cm³/mol. The second kappa shape index (κ2) is 7.46. The number of benzene rings is 1. The van der Waals surface area contributed by atoms with Crippen molar-refractivity contribution in [2.24, 2.45) is 0 Å². The van der Waals surface area contributed by atoms with Crippen LogP contribution in [-0.4, -0.2) is 39.6 Å².